The lowest BCUT2D eigenvalue weighted by Crippen LogP contribution is -2.45. The van der Waals surface area contributed by atoms with E-state index in [1.807, 2.05) is 18.2 Å². The van der Waals surface area contributed by atoms with Crippen LogP contribution in [0, 0.1) is 0 Å². The standard InChI is InChI=1S/C17H25N3O3Si/c1-17(2,3)24(4,5)23-14-11-18-15(21)20(16(22)19(18)12-14)13-9-7-6-8-10-13/h6-10,14H,11-12H2,1-5H3. The topological polar surface area (TPSA) is 58.2 Å². The number of rotatable bonds is 3. The number of aromatic nitrogens is 3. The first-order chi connectivity index (χ1) is 11.1. The van der Waals surface area contributed by atoms with E-state index in [2.05, 4.69) is 33.9 Å². The Morgan fingerprint density at radius 1 is 1.00 bits per heavy atom. The van der Waals surface area contributed by atoms with Crippen LogP contribution in [0.15, 0.2) is 39.9 Å². The van der Waals surface area contributed by atoms with Gasteiger partial charge in [-0.1, -0.05) is 39.0 Å². The van der Waals surface area contributed by atoms with Crippen molar-refractivity contribution >= 4 is 8.32 Å². The monoisotopic (exact) mass is 347 g/mol. The van der Waals surface area contributed by atoms with E-state index >= 15 is 0 Å². The minimum atomic E-state index is -1.93. The number of benzene rings is 1. The first kappa shape index (κ1) is 17.0. The van der Waals surface area contributed by atoms with Crippen LogP contribution in [0.25, 0.3) is 5.69 Å². The third-order valence-electron chi connectivity index (χ3n) is 5.15. The zero-order chi connectivity index (χ0) is 17.7. The molecule has 2 aromatic rings. The van der Waals surface area contributed by atoms with Crippen molar-refractivity contribution in [1.82, 2.24) is 13.9 Å². The van der Waals surface area contributed by atoms with Crippen molar-refractivity contribution in [3.63, 3.8) is 0 Å². The Balaban J connectivity index is 1.90. The van der Waals surface area contributed by atoms with E-state index in [4.69, 9.17) is 4.43 Å². The summed E-state index contributed by atoms with van der Waals surface area (Å²) in [7, 11) is -1.93. The molecule has 1 aromatic heterocycles. The summed E-state index contributed by atoms with van der Waals surface area (Å²) in [6.07, 6.45) is -0.114. The molecule has 0 fully saturated rings. The van der Waals surface area contributed by atoms with Gasteiger partial charge >= 0.3 is 11.4 Å². The zero-order valence-corrected chi connectivity index (χ0v) is 15.9. The smallest absolute Gasteiger partial charge is 0.351 e. The molecule has 0 saturated heterocycles. The number of hydrogen-bond acceptors (Lipinski definition) is 3. The quantitative estimate of drug-likeness (QED) is 0.800. The fourth-order valence-electron chi connectivity index (χ4n) is 2.78. The molecule has 0 amide bonds. The highest BCUT2D eigenvalue weighted by atomic mass is 28.4. The van der Waals surface area contributed by atoms with Gasteiger partial charge in [-0.25, -0.2) is 23.5 Å². The molecule has 0 unspecified atom stereocenters. The fourth-order valence-corrected chi connectivity index (χ4v) is 4.12. The zero-order valence-electron chi connectivity index (χ0n) is 14.9. The highest BCUT2D eigenvalue weighted by molar-refractivity contribution is 6.74. The van der Waals surface area contributed by atoms with E-state index in [0.29, 0.717) is 18.8 Å². The molecule has 24 heavy (non-hydrogen) atoms. The molecular formula is C17H25N3O3Si. The lowest BCUT2D eigenvalue weighted by Gasteiger charge is -2.38. The van der Waals surface area contributed by atoms with Gasteiger partial charge in [-0.15, -0.1) is 0 Å². The van der Waals surface area contributed by atoms with Gasteiger partial charge in [0, 0.05) is 0 Å². The number of fused-ring (bicyclic) bond motifs is 1. The summed E-state index contributed by atoms with van der Waals surface area (Å²) >= 11 is 0. The Bertz CT molecular complexity index is 818. The number of hydrogen-bond donors (Lipinski definition) is 0. The molecule has 0 atom stereocenters. The van der Waals surface area contributed by atoms with Gasteiger partial charge < -0.3 is 4.43 Å². The predicted octanol–water partition coefficient (Wildman–Crippen LogP) is 2.20. The Hall–Kier alpha value is -1.86. The van der Waals surface area contributed by atoms with Crippen LogP contribution in [0.2, 0.25) is 18.1 Å². The molecule has 1 aliphatic heterocycles. The summed E-state index contributed by atoms with van der Waals surface area (Å²) < 4.78 is 10.6. The summed E-state index contributed by atoms with van der Waals surface area (Å²) in [6.45, 7) is 11.8. The highest BCUT2D eigenvalue weighted by Crippen LogP contribution is 2.37. The predicted molar refractivity (Wildman–Crippen MR) is 96.4 cm³/mol. The molecule has 0 spiro atoms. The van der Waals surface area contributed by atoms with Crippen molar-refractivity contribution in [2.45, 2.75) is 58.1 Å². The average Bonchev–Trinajstić information content (AvgIpc) is 2.98. The molecule has 130 valence electrons. The lowest BCUT2D eigenvalue weighted by molar-refractivity contribution is 0.174. The van der Waals surface area contributed by atoms with Gasteiger partial charge in [0.25, 0.3) is 0 Å². The maximum Gasteiger partial charge on any atom is 0.351 e. The molecule has 7 heteroatoms. The normalized spacial score (nSPS) is 15.7. The van der Waals surface area contributed by atoms with Gasteiger partial charge in [-0.3, -0.25) is 0 Å². The van der Waals surface area contributed by atoms with Gasteiger partial charge in [-0.2, -0.15) is 0 Å². The van der Waals surface area contributed by atoms with Crippen molar-refractivity contribution < 1.29 is 4.43 Å². The van der Waals surface area contributed by atoms with E-state index < -0.39 is 8.32 Å². The molecule has 1 aromatic carbocycles. The first-order valence-electron chi connectivity index (χ1n) is 8.28. The average molecular weight is 347 g/mol. The lowest BCUT2D eigenvalue weighted by atomic mass is 10.2. The third kappa shape index (κ3) is 2.71. The first-order valence-corrected chi connectivity index (χ1v) is 11.2. The molecular weight excluding hydrogens is 322 g/mol. The van der Waals surface area contributed by atoms with Gasteiger partial charge in [0.15, 0.2) is 8.32 Å². The van der Waals surface area contributed by atoms with Crippen molar-refractivity contribution in [2.24, 2.45) is 0 Å². The molecule has 1 aliphatic rings. The molecule has 2 heterocycles. The van der Waals surface area contributed by atoms with Crippen LogP contribution in [0.5, 0.6) is 0 Å². The molecule has 0 aliphatic carbocycles. The molecule has 0 bridgehead atoms. The maximum atomic E-state index is 12.7. The van der Waals surface area contributed by atoms with E-state index in [0.717, 1.165) is 0 Å². The summed E-state index contributed by atoms with van der Waals surface area (Å²) in [4.78, 5) is 25.3. The van der Waals surface area contributed by atoms with Crippen molar-refractivity contribution in [1.29, 1.82) is 0 Å². The van der Waals surface area contributed by atoms with E-state index in [-0.39, 0.29) is 22.5 Å². The second-order valence-electron chi connectivity index (χ2n) is 7.90. The van der Waals surface area contributed by atoms with Crippen LogP contribution >= 0.6 is 0 Å². The van der Waals surface area contributed by atoms with E-state index in [1.54, 1.807) is 12.1 Å². The van der Waals surface area contributed by atoms with Gasteiger partial charge in [-0.05, 0) is 30.3 Å². The Morgan fingerprint density at radius 3 is 1.96 bits per heavy atom. The van der Waals surface area contributed by atoms with Crippen LogP contribution in [0.1, 0.15) is 20.8 Å². The van der Waals surface area contributed by atoms with Crippen LogP contribution in [0.3, 0.4) is 0 Å². The second-order valence-corrected chi connectivity index (χ2v) is 12.7. The van der Waals surface area contributed by atoms with Crippen LogP contribution in [-0.4, -0.2) is 28.4 Å². The highest BCUT2D eigenvalue weighted by Gasteiger charge is 2.41. The van der Waals surface area contributed by atoms with Crippen LogP contribution < -0.4 is 11.4 Å². The minimum absolute atomic E-state index is 0.0967. The molecule has 3 rings (SSSR count). The van der Waals surface area contributed by atoms with E-state index in [1.165, 1.54) is 13.9 Å². The molecule has 0 radical (unpaired) electrons. The van der Waals surface area contributed by atoms with Crippen molar-refractivity contribution in [2.75, 3.05) is 0 Å². The fraction of sp³-hybridized carbons (Fsp3) is 0.529. The summed E-state index contributed by atoms with van der Waals surface area (Å²) in [5.74, 6) is 0. The molecule has 6 nitrogen and oxygen atoms in total. The summed E-state index contributed by atoms with van der Waals surface area (Å²) in [5, 5.41) is 0.0967. The number of nitrogens with zero attached hydrogens (tertiary/aromatic N) is 3. The number of para-hydroxylation sites is 1. The van der Waals surface area contributed by atoms with Crippen LogP contribution in [0.4, 0.5) is 0 Å². The molecule has 0 N–H and O–H groups in total. The van der Waals surface area contributed by atoms with E-state index in [9.17, 15) is 9.59 Å². The minimum Gasteiger partial charge on any atom is -0.410 e. The maximum absolute atomic E-state index is 12.7. The Morgan fingerprint density at radius 2 is 1.50 bits per heavy atom. The van der Waals surface area contributed by atoms with Gasteiger partial charge in [0.05, 0.1) is 24.9 Å². The van der Waals surface area contributed by atoms with Crippen LogP contribution in [-0.2, 0) is 17.5 Å². The van der Waals surface area contributed by atoms with Crippen molar-refractivity contribution in [3.8, 4) is 5.69 Å². The van der Waals surface area contributed by atoms with Crippen molar-refractivity contribution in [3.05, 3.63) is 51.3 Å². The SMILES string of the molecule is CC(C)(C)[Si](C)(C)OC1Cn2c(=O)n(-c3ccccc3)c(=O)n2C1. The summed E-state index contributed by atoms with van der Waals surface area (Å²) in [5.41, 5.74) is 0.00354. The third-order valence-corrected chi connectivity index (χ3v) is 9.69. The summed E-state index contributed by atoms with van der Waals surface area (Å²) in [6, 6.07) is 9.03. The Kier molecular flexibility index (Phi) is 3.96. The van der Waals surface area contributed by atoms with Gasteiger partial charge in [0.2, 0.25) is 0 Å². The molecule has 0 saturated carbocycles. The Labute approximate surface area is 142 Å². The largest absolute Gasteiger partial charge is 0.410 e. The van der Waals surface area contributed by atoms with Gasteiger partial charge in [0.1, 0.15) is 0 Å². The second kappa shape index (κ2) is 5.60.